The van der Waals surface area contributed by atoms with Crippen LogP contribution < -0.4 is 5.32 Å². The molecule has 1 unspecified atom stereocenters. The molecule has 1 N–H and O–H groups in total. The minimum atomic E-state index is 0.668. The third kappa shape index (κ3) is 2.25. The van der Waals surface area contributed by atoms with Gasteiger partial charge in [0.25, 0.3) is 0 Å². The highest BCUT2D eigenvalue weighted by Gasteiger charge is 2.36. The predicted molar refractivity (Wildman–Crippen MR) is 58.9 cm³/mol. The molecule has 0 saturated carbocycles. The number of hydrogen-bond donors (Lipinski definition) is 1. The number of piperidine rings is 1. The van der Waals surface area contributed by atoms with Crippen LogP contribution in [-0.2, 0) is 0 Å². The molecule has 0 spiro atoms. The standard InChI is InChI=1S/C12H25N/c1-4-7-11-10-13-9-8-12(11,5-2)6-3/h11,13H,4-10H2,1-3H3. The van der Waals surface area contributed by atoms with Crippen LogP contribution >= 0.6 is 0 Å². The Bertz CT molecular complexity index is 136. The van der Waals surface area contributed by atoms with Gasteiger partial charge in [-0.25, -0.2) is 0 Å². The Kier molecular flexibility index (Phi) is 4.24. The summed E-state index contributed by atoms with van der Waals surface area (Å²) < 4.78 is 0. The van der Waals surface area contributed by atoms with Crippen molar-refractivity contribution in [3.8, 4) is 0 Å². The van der Waals surface area contributed by atoms with Gasteiger partial charge >= 0.3 is 0 Å². The summed E-state index contributed by atoms with van der Waals surface area (Å²) in [7, 11) is 0. The summed E-state index contributed by atoms with van der Waals surface area (Å²) in [5.74, 6) is 0.932. The summed E-state index contributed by atoms with van der Waals surface area (Å²) in [5.41, 5.74) is 0.668. The molecule has 1 fully saturated rings. The van der Waals surface area contributed by atoms with Crippen molar-refractivity contribution in [2.75, 3.05) is 13.1 Å². The Morgan fingerprint density at radius 3 is 2.46 bits per heavy atom. The maximum absolute atomic E-state index is 3.54. The van der Waals surface area contributed by atoms with Crippen molar-refractivity contribution in [2.24, 2.45) is 11.3 Å². The van der Waals surface area contributed by atoms with E-state index in [2.05, 4.69) is 26.1 Å². The topological polar surface area (TPSA) is 12.0 Å². The molecule has 0 aromatic heterocycles. The summed E-state index contributed by atoms with van der Waals surface area (Å²) >= 11 is 0. The van der Waals surface area contributed by atoms with E-state index >= 15 is 0 Å². The predicted octanol–water partition coefficient (Wildman–Crippen LogP) is 3.20. The molecule has 1 heteroatoms. The number of nitrogens with one attached hydrogen (secondary N) is 1. The molecule has 1 atom stereocenters. The minimum Gasteiger partial charge on any atom is -0.316 e. The van der Waals surface area contributed by atoms with Crippen LogP contribution in [0.15, 0.2) is 0 Å². The fourth-order valence-corrected chi connectivity index (χ4v) is 2.97. The molecule has 1 nitrogen and oxygen atoms in total. The van der Waals surface area contributed by atoms with Crippen LogP contribution in [0.5, 0.6) is 0 Å². The molecule has 0 aromatic rings. The van der Waals surface area contributed by atoms with E-state index in [1.165, 1.54) is 45.2 Å². The first-order valence-electron chi connectivity index (χ1n) is 5.99. The monoisotopic (exact) mass is 183 g/mol. The van der Waals surface area contributed by atoms with Gasteiger partial charge in [-0.3, -0.25) is 0 Å². The van der Waals surface area contributed by atoms with Crippen LogP contribution in [0.3, 0.4) is 0 Å². The van der Waals surface area contributed by atoms with E-state index in [1.807, 2.05) is 0 Å². The second kappa shape index (κ2) is 4.99. The Morgan fingerprint density at radius 2 is 1.92 bits per heavy atom. The molecule has 78 valence electrons. The van der Waals surface area contributed by atoms with Gasteiger partial charge < -0.3 is 5.32 Å². The van der Waals surface area contributed by atoms with Crippen LogP contribution in [-0.4, -0.2) is 13.1 Å². The second-order valence-electron chi connectivity index (χ2n) is 4.51. The molecule has 0 amide bonds. The van der Waals surface area contributed by atoms with Crippen molar-refractivity contribution in [1.29, 1.82) is 0 Å². The molecule has 0 bridgehead atoms. The second-order valence-corrected chi connectivity index (χ2v) is 4.51. The fraction of sp³-hybridized carbons (Fsp3) is 1.00. The molecule has 1 aliphatic heterocycles. The van der Waals surface area contributed by atoms with Gasteiger partial charge in [-0.1, -0.05) is 40.0 Å². The Hall–Kier alpha value is -0.0400. The lowest BCUT2D eigenvalue weighted by atomic mass is 9.66. The van der Waals surface area contributed by atoms with E-state index < -0.39 is 0 Å². The summed E-state index contributed by atoms with van der Waals surface area (Å²) in [6, 6.07) is 0. The molecule has 1 heterocycles. The lowest BCUT2D eigenvalue weighted by Crippen LogP contribution is -2.44. The van der Waals surface area contributed by atoms with E-state index in [4.69, 9.17) is 0 Å². The molecule has 13 heavy (non-hydrogen) atoms. The van der Waals surface area contributed by atoms with Crippen molar-refractivity contribution in [3.05, 3.63) is 0 Å². The molecule has 1 rings (SSSR count). The first kappa shape index (κ1) is 11.0. The van der Waals surface area contributed by atoms with Gasteiger partial charge in [-0.15, -0.1) is 0 Å². The van der Waals surface area contributed by atoms with Crippen LogP contribution in [0, 0.1) is 11.3 Å². The van der Waals surface area contributed by atoms with Gasteiger partial charge in [-0.05, 0) is 37.3 Å². The zero-order valence-electron chi connectivity index (χ0n) is 9.53. The minimum absolute atomic E-state index is 0.668. The highest BCUT2D eigenvalue weighted by atomic mass is 14.9. The summed E-state index contributed by atoms with van der Waals surface area (Å²) in [6.07, 6.45) is 6.89. The first-order valence-corrected chi connectivity index (χ1v) is 5.99. The van der Waals surface area contributed by atoms with Crippen LogP contribution in [0.4, 0.5) is 0 Å². The van der Waals surface area contributed by atoms with Crippen LogP contribution in [0.25, 0.3) is 0 Å². The maximum atomic E-state index is 3.54. The summed E-state index contributed by atoms with van der Waals surface area (Å²) in [4.78, 5) is 0. The van der Waals surface area contributed by atoms with Crippen LogP contribution in [0.1, 0.15) is 52.9 Å². The third-order valence-electron chi connectivity index (χ3n) is 4.10. The first-order chi connectivity index (χ1) is 6.29. The van der Waals surface area contributed by atoms with Crippen molar-refractivity contribution in [1.82, 2.24) is 5.32 Å². The van der Waals surface area contributed by atoms with Gasteiger partial charge in [0, 0.05) is 0 Å². The van der Waals surface area contributed by atoms with E-state index in [0.717, 1.165) is 5.92 Å². The molecule has 1 aliphatic rings. The molecule has 0 radical (unpaired) electrons. The average molecular weight is 183 g/mol. The fourth-order valence-electron chi connectivity index (χ4n) is 2.97. The van der Waals surface area contributed by atoms with Crippen LogP contribution in [0.2, 0.25) is 0 Å². The summed E-state index contributed by atoms with van der Waals surface area (Å²) in [5, 5.41) is 3.54. The zero-order valence-corrected chi connectivity index (χ0v) is 9.53. The Balaban J connectivity index is 2.63. The Labute approximate surface area is 83.3 Å². The normalized spacial score (nSPS) is 27.5. The third-order valence-corrected chi connectivity index (χ3v) is 4.10. The lowest BCUT2D eigenvalue weighted by molar-refractivity contribution is 0.0883. The van der Waals surface area contributed by atoms with Gasteiger partial charge in [0.2, 0.25) is 0 Å². The molecule has 0 aromatic carbocycles. The highest BCUT2D eigenvalue weighted by Crippen LogP contribution is 2.42. The molecule has 0 aliphatic carbocycles. The van der Waals surface area contributed by atoms with Gasteiger partial charge in [-0.2, -0.15) is 0 Å². The van der Waals surface area contributed by atoms with Crippen molar-refractivity contribution in [3.63, 3.8) is 0 Å². The molecular formula is C12H25N. The number of rotatable bonds is 4. The largest absolute Gasteiger partial charge is 0.316 e. The lowest BCUT2D eigenvalue weighted by Gasteiger charge is -2.44. The van der Waals surface area contributed by atoms with Crippen molar-refractivity contribution >= 4 is 0 Å². The smallest absolute Gasteiger partial charge is 0.00152 e. The number of hydrogen-bond acceptors (Lipinski definition) is 1. The van der Waals surface area contributed by atoms with Crippen molar-refractivity contribution < 1.29 is 0 Å². The average Bonchev–Trinajstić information content (AvgIpc) is 2.20. The maximum Gasteiger partial charge on any atom is -0.00152 e. The molecular weight excluding hydrogens is 158 g/mol. The highest BCUT2D eigenvalue weighted by molar-refractivity contribution is 4.89. The summed E-state index contributed by atoms with van der Waals surface area (Å²) in [6.45, 7) is 9.55. The van der Waals surface area contributed by atoms with E-state index in [-0.39, 0.29) is 0 Å². The Morgan fingerprint density at radius 1 is 1.23 bits per heavy atom. The SMILES string of the molecule is CCCC1CNCCC1(CC)CC. The van der Waals surface area contributed by atoms with E-state index in [0.29, 0.717) is 5.41 Å². The van der Waals surface area contributed by atoms with E-state index in [9.17, 15) is 0 Å². The van der Waals surface area contributed by atoms with E-state index in [1.54, 1.807) is 0 Å². The quantitative estimate of drug-likeness (QED) is 0.705. The molecule has 1 saturated heterocycles. The van der Waals surface area contributed by atoms with Gasteiger partial charge in [0.15, 0.2) is 0 Å². The van der Waals surface area contributed by atoms with Gasteiger partial charge in [0.05, 0.1) is 0 Å². The van der Waals surface area contributed by atoms with Crippen molar-refractivity contribution in [2.45, 2.75) is 52.9 Å². The van der Waals surface area contributed by atoms with Gasteiger partial charge in [0.1, 0.15) is 0 Å². The zero-order chi connectivity index (χ0) is 9.73.